The zero-order valence-electron chi connectivity index (χ0n) is 7.86. The fraction of sp³-hybridized carbons (Fsp3) is 0.455. The normalized spacial score (nSPS) is 25.9. The van der Waals surface area contributed by atoms with Gasteiger partial charge in [-0.1, -0.05) is 37.3 Å². The predicted molar refractivity (Wildman–Crippen MR) is 52.3 cm³/mol. The summed E-state index contributed by atoms with van der Waals surface area (Å²) in [5.74, 6) is 0. The number of hydrogen-bond acceptors (Lipinski definition) is 2. The molecular formula is C11H15NO. The molecule has 1 N–H and O–H groups in total. The van der Waals surface area contributed by atoms with Crippen LogP contribution in [0.1, 0.15) is 25.0 Å². The first-order chi connectivity index (χ1) is 6.42. The Bertz CT molecular complexity index is 260. The third kappa shape index (κ3) is 2.08. The van der Waals surface area contributed by atoms with Gasteiger partial charge in [-0.25, -0.2) is 0 Å². The zero-order valence-corrected chi connectivity index (χ0v) is 7.86. The number of nitrogens with one attached hydrogen (secondary N) is 1. The first kappa shape index (κ1) is 8.73. The van der Waals surface area contributed by atoms with E-state index in [0.29, 0.717) is 0 Å². The molecule has 2 unspecified atom stereocenters. The molecule has 0 spiro atoms. The van der Waals surface area contributed by atoms with Crippen LogP contribution >= 0.6 is 0 Å². The van der Waals surface area contributed by atoms with Crippen molar-refractivity contribution >= 4 is 0 Å². The lowest BCUT2D eigenvalue weighted by atomic mass is 10.1. The molecule has 1 aliphatic heterocycles. The molecule has 0 amide bonds. The Kier molecular flexibility index (Phi) is 2.62. The molecule has 1 aromatic rings. The van der Waals surface area contributed by atoms with Crippen molar-refractivity contribution in [2.24, 2.45) is 0 Å². The van der Waals surface area contributed by atoms with Crippen molar-refractivity contribution in [1.82, 2.24) is 5.32 Å². The van der Waals surface area contributed by atoms with E-state index >= 15 is 0 Å². The highest BCUT2D eigenvalue weighted by molar-refractivity contribution is 5.21. The van der Waals surface area contributed by atoms with Crippen molar-refractivity contribution in [3.63, 3.8) is 0 Å². The van der Waals surface area contributed by atoms with E-state index in [1.54, 1.807) is 0 Å². The summed E-state index contributed by atoms with van der Waals surface area (Å²) in [5, 5.41) is 3.33. The van der Waals surface area contributed by atoms with Gasteiger partial charge >= 0.3 is 0 Å². The van der Waals surface area contributed by atoms with E-state index < -0.39 is 0 Å². The minimum absolute atomic E-state index is 0.252. The van der Waals surface area contributed by atoms with Crippen molar-refractivity contribution in [2.75, 3.05) is 6.54 Å². The SMILES string of the molecule is CCCNC1OC1c1ccccc1. The molecule has 1 saturated heterocycles. The summed E-state index contributed by atoms with van der Waals surface area (Å²) in [6.07, 6.45) is 1.69. The minimum Gasteiger partial charge on any atom is -0.348 e. The summed E-state index contributed by atoms with van der Waals surface area (Å²) in [4.78, 5) is 0. The average Bonchev–Trinajstić information content (AvgIpc) is 2.95. The second-order valence-electron chi connectivity index (χ2n) is 3.34. The van der Waals surface area contributed by atoms with Crippen molar-refractivity contribution in [3.8, 4) is 0 Å². The monoisotopic (exact) mass is 177 g/mol. The maximum atomic E-state index is 5.49. The maximum Gasteiger partial charge on any atom is 0.139 e. The average molecular weight is 177 g/mol. The van der Waals surface area contributed by atoms with Crippen LogP contribution in [-0.4, -0.2) is 12.8 Å². The maximum absolute atomic E-state index is 5.49. The summed E-state index contributed by atoms with van der Waals surface area (Å²) in [6.45, 7) is 3.20. The van der Waals surface area contributed by atoms with E-state index in [9.17, 15) is 0 Å². The lowest BCUT2D eigenvalue weighted by Crippen LogP contribution is -2.18. The van der Waals surface area contributed by atoms with Gasteiger partial charge in [-0.2, -0.15) is 0 Å². The van der Waals surface area contributed by atoms with Crippen LogP contribution in [0.2, 0.25) is 0 Å². The topological polar surface area (TPSA) is 24.6 Å². The van der Waals surface area contributed by atoms with Crippen LogP contribution in [0.4, 0.5) is 0 Å². The molecular weight excluding hydrogens is 162 g/mol. The second-order valence-corrected chi connectivity index (χ2v) is 3.34. The quantitative estimate of drug-likeness (QED) is 0.712. The zero-order chi connectivity index (χ0) is 9.10. The van der Waals surface area contributed by atoms with Crippen LogP contribution in [0.5, 0.6) is 0 Å². The third-order valence-electron chi connectivity index (χ3n) is 2.22. The van der Waals surface area contributed by atoms with Crippen LogP contribution in [0.3, 0.4) is 0 Å². The Morgan fingerprint density at radius 3 is 2.77 bits per heavy atom. The Morgan fingerprint density at radius 1 is 1.31 bits per heavy atom. The fourth-order valence-electron chi connectivity index (χ4n) is 1.45. The largest absolute Gasteiger partial charge is 0.348 e. The van der Waals surface area contributed by atoms with Crippen molar-refractivity contribution in [1.29, 1.82) is 0 Å². The molecule has 70 valence electrons. The van der Waals surface area contributed by atoms with E-state index in [2.05, 4.69) is 24.4 Å². The molecule has 2 atom stereocenters. The molecule has 2 nitrogen and oxygen atoms in total. The lowest BCUT2D eigenvalue weighted by molar-refractivity contribution is 0.347. The molecule has 13 heavy (non-hydrogen) atoms. The highest BCUT2D eigenvalue weighted by Gasteiger charge is 2.39. The van der Waals surface area contributed by atoms with Crippen molar-refractivity contribution in [3.05, 3.63) is 35.9 Å². The number of rotatable bonds is 4. The lowest BCUT2D eigenvalue weighted by Gasteiger charge is -1.96. The highest BCUT2D eigenvalue weighted by atomic mass is 16.6. The summed E-state index contributed by atoms with van der Waals surface area (Å²) in [6, 6.07) is 10.3. The van der Waals surface area contributed by atoms with Gasteiger partial charge in [-0.15, -0.1) is 0 Å². The van der Waals surface area contributed by atoms with E-state index in [1.807, 2.05) is 18.2 Å². The first-order valence-corrected chi connectivity index (χ1v) is 4.85. The Labute approximate surface area is 78.9 Å². The molecule has 0 aliphatic carbocycles. The number of epoxide rings is 1. The molecule has 1 fully saturated rings. The number of ether oxygens (including phenoxy) is 1. The van der Waals surface area contributed by atoms with Gasteiger partial charge in [0.15, 0.2) is 0 Å². The summed E-state index contributed by atoms with van der Waals surface area (Å²) < 4.78 is 5.49. The molecule has 1 heterocycles. The van der Waals surface area contributed by atoms with Crippen molar-refractivity contribution < 1.29 is 4.74 Å². The van der Waals surface area contributed by atoms with E-state index in [4.69, 9.17) is 4.74 Å². The van der Waals surface area contributed by atoms with E-state index in [0.717, 1.165) is 13.0 Å². The van der Waals surface area contributed by atoms with Crippen LogP contribution in [-0.2, 0) is 4.74 Å². The molecule has 0 radical (unpaired) electrons. The Morgan fingerprint density at radius 2 is 2.08 bits per heavy atom. The van der Waals surface area contributed by atoms with Gasteiger partial charge < -0.3 is 4.74 Å². The summed E-state index contributed by atoms with van der Waals surface area (Å²) in [5.41, 5.74) is 1.27. The van der Waals surface area contributed by atoms with Crippen LogP contribution in [0, 0.1) is 0 Å². The van der Waals surface area contributed by atoms with Crippen LogP contribution in [0.15, 0.2) is 30.3 Å². The van der Waals surface area contributed by atoms with Gasteiger partial charge in [0.1, 0.15) is 12.3 Å². The van der Waals surface area contributed by atoms with Crippen molar-refractivity contribution in [2.45, 2.75) is 25.7 Å². The smallest absolute Gasteiger partial charge is 0.139 e. The Balaban J connectivity index is 1.86. The van der Waals surface area contributed by atoms with Gasteiger partial charge in [0.2, 0.25) is 0 Å². The molecule has 0 bridgehead atoms. The van der Waals surface area contributed by atoms with Crippen LogP contribution in [0.25, 0.3) is 0 Å². The van der Waals surface area contributed by atoms with Gasteiger partial charge in [0, 0.05) is 0 Å². The first-order valence-electron chi connectivity index (χ1n) is 4.85. The fourth-order valence-corrected chi connectivity index (χ4v) is 1.45. The minimum atomic E-state index is 0.252. The molecule has 2 heteroatoms. The number of benzene rings is 1. The van der Waals surface area contributed by atoms with E-state index in [-0.39, 0.29) is 12.3 Å². The molecule has 0 aromatic heterocycles. The standard InChI is InChI=1S/C11H15NO/c1-2-8-12-11-10(13-11)9-6-4-3-5-7-9/h3-7,10-12H,2,8H2,1H3. The highest BCUT2D eigenvalue weighted by Crippen LogP contribution is 2.36. The van der Waals surface area contributed by atoms with Gasteiger partial charge in [0.05, 0.1) is 0 Å². The molecule has 0 saturated carbocycles. The van der Waals surface area contributed by atoms with E-state index in [1.165, 1.54) is 5.56 Å². The van der Waals surface area contributed by atoms with Gasteiger partial charge in [-0.3, -0.25) is 5.32 Å². The third-order valence-corrected chi connectivity index (χ3v) is 2.22. The summed E-state index contributed by atoms with van der Waals surface area (Å²) >= 11 is 0. The molecule has 1 aliphatic rings. The van der Waals surface area contributed by atoms with Crippen LogP contribution < -0.4 is 5.32 Å². The second kappa shape index (κ2) is 3.90. The van der Waals surface area contributed by atoms with Gasteiger partial charge in [0.25, 0.3) is 0 Å². The van der Waals surface area contributed by atoms with Gasteiger partial charge in [-0.05, 0) is 18.5 Å². The Hall–Kier alpha value is -0.860. The number of hydrogen-bond donors (Lipinski definition) is 1. The summed E-state index contributed by atoms with van der Waals surface area (Å²) in [7, 11) is 0. The predicted octanol–water partition coefficient (Wildman–Crippen LogP) is 2.08. The molecule has 1 aromatic carbocycles. The molecule has 2 rings (SSSR count).